The quantitative estimate of drug-likeness (QED) is 0.284. The van der Waals surface area contributed by atoms with Crippen molar-refractivity contribution in [2.45, 2.75) is 38.0 Å². The summed E-state index contributed by atoms with van der Waals surface area (Å²) in [6, 6.07) is 21.4. The van der Waals surface area contributed by atoms with Crippen molar-refractivity contribution in [3.8, 4) is 11.4 Å². The summed E-state index contributed by atoms with van der Waals surface area (Å²) < 4.78 is 4.61. The fourth-order valence-corrected chi connectivity index (χ4v) is 11.4. The van der Waals surface area contributed by atoms with Gasteiger partial charge < -0.3 is 9.13 Å². The predicted molar refractivity (Wildman–Crippen MR) is 142 cm³/mol. The maximum Gasteiger partial charge on any atom is 0.0723 e. The van der Waals surface area contributed by atoms with Crippen LogP contribution in [0.15, 0.2) is 96.6 Å². The first kappa shape index (κ1) is 20.3. The third-order valence-electron chi connectivity index (χ3n) is 7.68. The second kappa shape index (κ2) is 7.36. The molecule has 2 nitrogen and oxygen atoms in total. The Morgan fingerprint density at radius 2 is 0.970 bits per heavy atom. The number of rotatable bonds is 4. The molecule has 164 valence electrons. The first-order valence-corrected chi connectivity index (χ1v) is 15.0. The van der Waals surface area contributed by atoms with E-state index in [9.17, 15) is 0 Å². The maximum atomic E-state index is 2.60. The molecule has 2 aliphatic carbocycles. The van der Waals surface area contributed by atoms with Gasteiger partial charge in [0.2, 0.25) is 0 Å². The SMILES string of the molecule is CC1=Cc2cn(-c3ccccc3)cc2C1[Si](C)(C)C1C(C)=Cc2cn(-c3ccccc3)cc21. The van der Waals surface area contributed by atoms with E-state index in [-0.39, 0.29) is 0 Å². The molecule has 0 saturated carbocycles. The van der Waals surface area contributed by atoms with Crippen LogP contribution in [0.2, 0.25) is 13.1 Å². The van der Waals surface area contributed by atoms with Crippen LogP contribution >= 0.6 is 0 Å². The molecule has 3 heteroatoms. The van der Waals surface area contributed by atoms with Gasteiger partial charge in [-0.15, -0.1) is 0 Å². The van der Waals surface area contributed by atoms with Crippen LogP contribution in [0.5, 0.6) is 0 Å². The highest BCUT2D eigenvalue weighted by atomic mass is 28.3. The van der Waals surface area contributed by atoms with E-state index >= 15 is 0 Å². The van der Waals surface area contributed by atoms with Crippen LogP contribution < -0.4 is 0 Å². The molecule has 33 heavy (non-hydrogen) atoms. The van der Waals surface area contributed by atoms with E-state index in [4.69, 9.17) is 0 Å². The van der Waals surface area contributed by atoms with Crippen molar-refractivity contribution in [1.29, 1.82) is 0 Å². The zero-order valence-corrected chi connectivity index (χ0v) is 20.8. The van der Waals surface area contributed by atoms with Crippen molar-refractivity contribution < 1.29 is 0 Å². The van der Waals surface area contributed by atoms with Gasteiger partial charge in [0.25, 0.3) is 0 Å². The molecule has 2 unspecified atom stereocenters. The molecule has 2 aromatic carbocycles. The van der Waals surface area contributed by atoms with Crippen LogP contribution in [0, 0.1) is 0 Å². The molecule has 2 atom stereocenters. The standard InChI is InChI=1S/C30H30N2Si/c1-21-15-23-17-31(25-11-7-5-8-12-25)19-27(23)29(21)33(3,4)30-22(2)16-24-18-32(20-28(24)30)26-13-9-6-10-14-26/h5-20,29-30H,1-4H3. The van der Waals surface area contributed by atoms with Crippen LogP contribution in [-0.2, 0) is 0 Å². The first-order valence-electron chi connectivity index (χ1n) is 11.8. The summed E-state index contributed by atoms with van der Waals surface area (Å²) in [5.74, 6) is 0. The summed E-state index contributed by atoms with van der Waals surface area (Å²) in [5.41, 5.74) is 12.4. The molecule has 4 aromatic rings. The Balaban J connectivity index is 1.40. The van der Waals surface area contributed by atoms with Crippen molar-refractivity contribution in [3.05, 3.63) is 119 Å². The van der Waals surface area contributed by atoms with E-state index in [1.54, 1.807) is 0 Å². The molecule has 0 bridgehead atoms. The van der Waals surface area contributed by atoms with Gasteiger partial charge in [-0.25, -0.2) is 0 Å². The Bertz CT molecular complexity index is 1290. The summed E-state index contributed by atoms with van der Waals surface area (Å²) in [7, 11) is -1.80. The fraction of sp³-hybridized carbons (Fsp3) is 0.200. The lowest BCUT2D eigenvalue weighted by Crippen LogP contribution is -2.42. The second-order valence-electron chi connectivity index (χ2n) is 10.3. The lowest BCUT2D eigenvalue weighted by molar-refractivity contribution is 0.953. The van der Waals surface area contributed by atoms with Crippen LogP contribution in [0.3, 0.4) is 0 Å². The normalized spacial score (nSPS) is 19.3. The van der Waals surface area contributed by atoms with Crippen molar-refractivity contribution in [2.75, 3.05) is 0 Å². The van der Waals surface area contributed by atoms with E-state index in [0.29, 0.717) is 11.1 Å². The van der Waals surface area contributed by atoms with E-state index in [1.165, 1.54) is 44.8 Å². The lowest BCUT2D eigenvalue weighted by atomic mass is 10.2. The third-order valence-corrected chi connectivity index (χ3v) is 12.2. The summed E-state index contributed by atoms with van der Waals surface area (Å²) in [6.45, 7) is 9.88. The largest absolute Gasteiger partial charge is 0.323 e. The van der Waals surface area contributed by atoms with Gasteiger partial charge in [0.05, 0.1) is 8.07 Å². The molecule has 2 aliphatic rings. The smallest absolute Gasteiger partial charge is 0.0723 e. The molecule has 6 rings (SSSR count). The molecular weight excluding hydrogens is 416 g/mol. The molecule has 0 fully saturated rings. The molecule has 0 N–H and O–H groups in total. The highest BCUT2D eigenvalue weighted by Gasteiger charge is 2.47. The van der Waals surface area contributed by atoms with Crippen LogP contribution in [0.4, 0.5) is 0 Å². The van der Waals surface area contributed by atoms with Crippen LogP contribution in [-0.4, -0.2) is 17.2 Å². The number of fused-ring (bicyclic) bond motifs is 2. The topological polar surface area (TPSA) is 9.86 Å². The second-order valence-corrected chi connectivity index (χ2v) is 15.1. The number of nitrogens with zero attached hydrogens (tertiary/aromatic N) is 2. The molecule has 0 saturated heterocycles. The maximum absolute atomic E-state index is 2.60. The number of para-hydroxylation sites is 2. The number of benzene rings is 2. The molecule has 2 heterocycles. The van der Waals surface area contributed by atoms with E-state index in [2.05, 4.69) is 134 Å². The first-order chi connectivity index (χ1) is 15.9. The summed E-state index contributed by atoms with van der Waals surface area (Å²) in [6.07, 6.45) is 14.3. The van der Waals surface area contributed by atoms with Gasteiger partial charge in [0, 0.05) is 47.2 Å². The van der Waals surface area contributed by atoms with Gasteiger partial charge >= 0.3 is 0 Å². The van der Waals surface area contributed by atoms with Gasteiger partial charge in [-0.2, -0.15) is 0 Å². The highest BCUT2D eigenvalue weighted by molar-refractivity contribution is 6.81. The van der Waals surface area contributed by atoms with Crippen molar-refractivity contribution >= 4 is 20.2 Å². The number of hydrogen-bond donors (Lipinski definition) is 0. The Labute approximate surface area is 197 Å². The molecular formula is C30H30N2Si. The highest BCUT2D eigenvalue weighted by Crippen LogP contribution is 2.52. The lowest BCUT2D eigenvalue weighted by Gasteiger charge is -2.38. The minimum absolute atomic E-state index is 0.525. The zero-order valence-electron chi connectivity index (χ0n) is 19.8. The van der Waals surface area contributed by atoms with Gasteiger partial charge in [-0.05, 0) is 60.4 Å². The summed E-state index contributed by atoms with van der Waals surface area (Å²) in [4.78, 5) is 0. The molecule has 2 aromatic heterocycles. The van der Waals surface area contributed by atoms with Crippen molar-refractivity contribution in [3.63, 3.8) is 0 Å². The van der Waals surface area contributed by atoms with Crippen LogP contribution in [0.25, 0.3) is 23.5 Å². The molecule has 0 spiro atoms. The number of hydrogen-bond acceptors (Lipinski definition) is 0. The van der Waals surface area contributed by atoms with E-state index < -0.39 is 8.07 Å². The average molecular weight is 447 g/mol. The third kappa shape index (κ3) is 3.14. The minimum atomic E-state index is -1.80. The Morgan fingerprint density at radius 3 is 1.36 bits per heavy atom. The van der Waals surface area contributed by atoms with E-state index in [0.717, 1.165) is 0 Å². The predicted octanol–water partition coefficient (Wildman–Crippen LogP) is 7.76. The minimum Gasteiger partial charge on any atom is -0.323 e. The number of aromatic nitrogens is 2. The zero-order chi connectivity index (χ0) is 22.7. The molecule has 0 aliphatic heterocycles. The van der Waals surface area contributed by atoms with Crippen molar-refractivity contribution in [2.24, 2.45) is 0 Å². The van der Waals surface area contributed by atoms with E-state index in [1.807, 2.05) is 0 Å². The van der Waals surface area contributed by atoms with Gasteiger partial charge in [-0.1, -0.05) is 72.8 Å². The van der Waals surface area contributed by atoms with Gasteiger partial charge in [-0.3, -0.25) is 0 Å². The average Bonchev–Trinajstić information content (AvgIpc) is 3.53. The molecule has 0 radical (unpaired) electrons. The monoisotopic (exact) mass is 446 g/mol. The number of allylic oxidation sites excluding steroid dienone is 2. The van der Waals surface area contributed by atoms with Gasteiger partial charge in [0.1, 0.15) is 0 Å². The molecule has 0 amide bonds. The van der Waals surface area contributed by atoms with Crippen LogP contribution in [0.1, 0.15) is 47.2 Å². The Morgan fingerprint density at radius 1 is 0.576 bits per heavy atom. The fourth-order valence-electron chi connectivity index (χ4n) is 6.48. The Kier molecular flexibility index (Phi) is 4.53. The Hall–Kier alpha value is -3.30. The van der Waals surface area contributed by atoms with Crippen molar-refractivity contribution in [1.82, 2.24) is 9.13 Å². The summed E-state index contributed by atoms with van der Waals surface area (Å²) in [5, 5.41) is 0. The van der Waals surface area contributed by atoms with Gasteiger partial charge in [0.15, 0.2) is 0 Å². The summed E-state index contributed by atoms with van der Waals surface area (Å²) >= 11 is 0.